The Morgan fingerprint density at radius 2 is 1.28 bits per heavy atom. The minimum atomic E-state index is -1.61. The Kier molecular flexibility index (Phi) is 17.8. The number of benzene rings is 1. The molecule has 1 aromatic carbocycles. The van der Waals surface area contributed by atoms with E-state index in [9.17, 15) is 48.9 Å². The number of H-pyrrole nitrogens is 1. The van der Waals surface area contributed by atoms with E-state index >= 15 is 0 Å². The second-order valence-corrected chi connectivity index (χ2v) is 13.7. The van der Waals surface area contributed by atoms with Crippen molar-refractivity contribution in [1.29, 1.82) is 0 Å². The van der Waals surface area contributed by atoms with Gasteiger partial charge in [-0.25, -0.2) is 4.79 Å². The topological polar surface area (TPSA) is 308 Å². The number of carbonyl (C=O) groups excluding carboxylic acids is 5. The zero-order valence-electron chi connectivity index (χ0n) is 30.5. The summed E-state index contributed by atoms with van der Waals surface area (Å²) >= 11 is 0. The highest BCUT2D eigenvalue weighted by atomic mass is 16.4. The molecule has 0 aliphatic heterocycles. The third-order valence-corrected chi connectivity index (χ3v) is 8.48. The summed E-state index contributed by atoms with van der Waals surface area (Å²) in [5.74, 6) is -7.65. The summed E-state index contributed by atoms with van der Waals surface area (Å²) in [6.45, 7) is 6.20. The third kappa shape index (κ3) is 14.1. The molecule has 1 aromatic heterocycles. The van der Waals surface area contributed by atoms with Crippen molar-refractivity contribution in [2.75, 3.05) is 13.2 Å². The maximum Gasteiger partial charge on any atom is 0.326 e. The van der Waals surface area contributed by atoms with Crippen molar-refractivity contribution in [3.63, 3.8) is 0 Å². The van der Waals surface area contributed by atoms with Crippen molar-refractivity contribution < 1.29 is 48.9 Å². The lowest BCUT2D eigenvalue weighted by Crippen LogP contribution is -2.60. The van der Waals surface area contributed by atoms with Gasteiger partial charge >= 0.3 is 11.9 Å². The minimum Gasteiger partial charge on any atom is -0.481 e. The largest absolute Gasteiger partial charge is 0.481 e. The highest BCUT2D eigenvalue weighted by Gasteiger charge is 2.34. The lowest BCUT2D eigenvalue weighted by atomic mass is 10.0. The van der Waals surface area contributed by atoms with Crippen LogP contribution in [0, 0.1) is 11.8 Å². The average molecular weight is 747 g/mol. The second kappa shape index (κ2) is 21.5. The SMILES string of the molecule is CC(C)CC(NC(=O)C(CC(=O)O)NC(=O)C(N)C(C)C)C(=O)NC(CO)C(=O)NC(CCCCN)C(=O)NC(Cc1c[nH]c2ccccc12)C(=O)O. The smallest absolute Gasteiger partial charge is 0.326 e. The van der Waals surface area contributed by atoms with Gasteiger partial charge in [-0.15, -0.1) is 0 Å². The molecule has 0 saturated heterocycles. The molecule has 2 rings (SSSR count). The maximum atomic E-state index is 13.5. The molecule has 18 nitrogen and oxygen atoms in total. The zero-order chi connectivity index (χ0) is 39.8. The number of aromatic amines is 1. The quantitative estimate of drug-likeness (QED) is 0.0601. The normalized spacial score (nSPS) is 14.7. The molecule has 6 unspecified atom stereocenters. The van der Waals surface area contributed by atoms with Gasteiger partial charge in [-0.1, -0.05) is 45.9 Å². The van der Waals surface area contributed by atoms with Gasteiger partial charge in [0.05, 0.1) is 19.1 Å². The Balaban J connectivity index is 2.21. The number of fused-ring (bicyclic) bond motifs is 1. The molecule has 13 N–H and O–H groups in total. The molecular formula is C35H54N8O10. The number of carbonyl (C=O) groups is 7. The van der Waals surface area contributed by atoms with Crippen LogP contribution >= 0.6 is 0 Å². The van der Waals surface area contributed by atoms with Crippen LogP contribution in [0.1, 0.15) is 65.4 Å². The number of amides is 5. The Morgan fingerprint density at radius 3 is 1.87 bits per heavy atom. The van der Waals surface area contributed by atoms with Gasteiger partial charge in [0.25, 0.3) is 0 Å². The Bertz CT molecular complexity index is 1580. The van der Waals surface area contributed by atoms with E-state index in [0.717, 1.165) is 10.9 Å². The van der Waals surface area contributed by atoms with Gasteiger partial charge in [-0.05, 0) is 55.7 Å². The summed E-state index contributed by atoms with van der Waals surface area (Å²) in [6, 6.07) is -0.932. The second-order valence-electron chi connectivity index (χ2n) is 13.7. The number of hydrogen-bond donors (Lipinski definition) is 11. The molecule has 0 saturated carbocycles. The van der Waals surface area contributed by atoms with Crippen molar-refractivity contribution in [2.45, 2.75) is 102 Å². The number of hydrogen-bond acceptors (Lipinski definition) is 10. The molecule has 0 aliphatic rings. The Hall–Kier alpha value is -5.07. The van der Waals surface area contributed by atoms with Crippen LogP contribution in [0.5, 0.6) is 0 Å². The van der Waals surface area contributed by atoms with E-state index in [1.165, 1.54) is 0 Å². The van der Waals surface area contributed by atoms with Crippen molar-refractivity contribution in [3.8, 4) is 0 Å². The number of para-hydroxylation sites is 1. The first kappa shape index (κ1) is 44.1. The van der Waals surface area contributed by atoms with Crippen molar-refractivity contribution in [1.82, 2.24) is 31.6 Å². The van der Waals surface area contributed by atoms with Crippen LogP contribution in [-0.2, 0) is 40.0 Å². The van der Waals surface area contributed by atoms with Gasteiger partial charge in [0.2, 0.25) is 29.5 Å². The number of nitrogens with two attached hydrogens (primary N) is 2. The van der Waals surface area contributed by atoms with Crippen LogP contribution in [0.15, 0.2) is 30.5 Å². The predicted octanol–water partition coefficient (Wildman–Crippen LogP) is -1.16. The number of aromatic nitrogens is 1. The number of aliphatic hydroxyl groups is 1. The number of unbranched alkanes of at least 4 members (excludes halogenated alkanes) is 1. The summed E-state index contributed by atoms with van der Waals surface area (Å²) in [5, 5.41) is 42.3. The van der Waals surface area contributed by atoms with Gasteiger partial charge in [0, 0.05) is 23.5 Å². The highest BCUT2D eigenvalue weighted by molar-refractivity contribution is 5.97. The van der Waals surface area contributed by atoms with Crippen LogP contribution in [-0.4, -0.2) is 111 Å². The molecule has 0 spiro atoms. The van der Waals surface area contributed by atoms with Crippen LogP contribution in [0.25, 0.3) is 10.9 Å². The fourth-order valence-corrected chi connectivity index (χ4v) is 5.42. The van der Waals surface area contributed by atoms with Gasteiger partial charge in [0.1, 0.15) is 30.2 Å². The zero-order valence-corrected chi connectivity index (χ0v) is 30.5. The monoisotopic (exact) mass is 746 g/mol. The number of carboxylic acid groups (broad SMARTS) is 2. The summed E-state index contributed by atoms with van der Waals surface area (Å²) in [7, 11) is 0. The van der Waals surface area contributed by atoms with Crippen molar-refractivity contribution in [3.05, 3.63) is 36.0 Å². The standard InChI is InChI=1S/C35H54N8O10/c1-18(2)13-24(40-32(49)25(15-28(45)46)41-34(51)29(37)19(3)4)31(48)43-27(17-44)33(50)39-23(11-7-8-12-36)30(47)42-26(35(52)53)14-20-16-38-22-10-6-5-9-21(20)22/h5-6,9-10,16,18-19,23-27,29,38,44H,7-8,11-15,17,36-37H2,1-4H3,(H,39,50)(H,40,49)(H,41,51)(H,42,47)(H,43,48)(H,45,46)(H,52,53). The molecule has 0 fully saturated rings. The van der Waals surface area contributed by atoms with E-state index in [1.54, 1.807) is 40.0 Å². The maximum absolute atomic E-state index is 13.5. The van der Waals surface area contributed by atoms with E-state index in [-0.39, 0.29) is 31.1 Å². The predicted molar refractivity (Wildman–Crippen MR) is 194 cm³/mol. The summed E-state index contributed by atoms with van der Waals surface area (Å²) in [5.41, 5.74) is 12.9. The number of aliphatic carboxylic acids is 2. The molecule has 0 radical (unpaired) electrons. The molecule has 0 aliphatic carbocycles. The first-order valence-corrected chi connectivity index (χ1v) is 17.6. The summed E-state index contributed by atoms with van der Waals surface area (Å²) in [4.78, 5) is 92.8. The van der Waals surface area contributed by atoms with Crippen LogP contribution in [0.4, 0.5) is 0 Å². The van der Waals surface area contributed by atoms with E-state index < -0.39 is 90.8 Å². The van der Waals surface area contributed by atoms with Gasteiger partial charge in [-0.3, -0.25) is 28.8 Å². The van der Waals surface area contributed by atoms with Crippen molar-refractivity contribution >= 4 is 52.4 Å². The molecule has 5 amide bonds. The minimum absolute atomic E-state index is 0.0215. The molecule has 2 aromatic rings. The first-order chi connectivity index (χ1) is 25.0. The van der Waals surface area contributed by atoms with Gasteiger partial charge in [0.15, 0.2) is 0 Å². The number of nitrogens with one attached hydrogen (secondary N) is 6. The lowest BCUT2D eigenvalue weighted by molar-refractivity contribution is -0.142. The van der Waals surface area contributed by atoms with Gasteiger partial charge in [-0.2, -0.15) is 0 Å². The van der Waals surface area contributed by atoms with Crippen LogP contribution in [0.2, 0.25) is 0 Å². The molecule has 6 atom stereocenters. The molecular weight excluding hydrogens is 692 g/mol. The van der Waals surface area contributed by atoms with Crippen LogP contribution in [0.3, 0.4) is 0 Å². The Labute approximate surface area is 307 Å². The van der Waals surface area contributed by atoms with E-state index in [4.69, 9.17) is 11.5 Å². The molecule has 53 heavy (non-hydrogen) atoms. The first-order valence-electron chi connectivity index (χ1n) is 17.6. The highest BCUT2D eigenvalue weighted by Crippen LogP contribution is 2.19. The Morgan fingerprint density at radius 1 is 0.736 bits per heavy atom. The third-order valence-electron chi connectivity index (χ3n) is 8.48. The van der Waals surface area contributed by atoms with Crippen molar-refractivity contribution in [2.24, 2.45) is 23.3 Å². The average Bonchev–Trinajstić information content (AvgIpc) is 3.50. The molecule has 294 valence electrons. The molecule has 0 bridgehead atoms. The molecule has 18 heteroatoms. The summed E-state index contributed by atoms with van der Waals surface area (Å²) in [6.07, 6.45) is 1.73. The lowest BCUT2D eigenvalue weighted by Gasteiger charge is -2.27. The fraction of sp³-hybridized carbons (Fsp3) is 0.571. The summed E-state index contributed by atoms with van der Waals surface area (Å²) < 4.78 is 0. The number of rotatable bonds is 23. The van der Waals surface area contributed by atoms with E-state index in [1.807, 2.05) is 18.2 Å². The number of carboxylic acids is 2. The van der Waals surface area contributed by atoms with Gasteiger partial charge < -0.3 is 58.4 Å². The van der Waals surface area contributed by atoms with Crippen LogP contribution < -0.4 is 38.1 Å². The van der Waals surface area contributed by atoms with E-state index in [2.05, 4.69) is 31.6 Å². The van der Waals surface area contributed by atoms with E-state index in [0.29, 0.717) is 24.9 Å². The number of aliphatic hydroxyl groups excluding tert-OH is 1. The fourth-order valence-electron chi connectivity index (χ4n) is 5.42. The molecule has 1 heterocycles.